The van der Waals surface area contributed by atoms with Gasteiger partial charge in [-0.2, -0.15) is 0 Å². The average Bonchev–Trinajstić information content (AvgIpc) is 2.90. The highest BCUT2D eigenvalue weighted by Gasteiger charge is 2.37. The van der Waals surface area contributed by atoms with Crippen LogP contribution < -0.4 is 0 Å². The highest BCUT2D eigenvalue weighted by atomic mass is 16.5. The Morgan fingerprint density at radius 2 is 2.05 bits per heavy atom. The van der Waals surface area contributed by atoms with Crippen LogP contribution >= 0.6 is 0 Å². The van der Waals surface area contributed by atoms with Crippen molar-refractivity contribution in [2.24, 2.45) is 0 Å². The van der Waals surface area contributed by atoms with E-state index in [2.05, 4.69) is 35.2 Å². The summed E-state index contributed by atoms with van der Waals surface area (Å²) < 4.78 is 5.27. The van der Waals surface area contributed by atoms with Gasteiger partial charge in [0.05, 0.1) is 17.3 Å². The van der Waals surface area contributed by atoms with Crippen LogP contribution in [0.1, 0.15) is 31.2 Å². The average molecular weight is 281 g/mol. The lowest BCUT2D eigenvalue weighted by Crippen LogP contribution is -2.40. The van der Waals surface area contributed by atoms with Crippen molar-refractivity contribution in [2.75, 3.05) is 6.61 Å². The molecule has 1 aromatic carbocycles. The number of rotatable bonds is 2. The molecular weight excluding hydrogens is 262 g/mol. The Balaban J connectivity index is 1.71. The molecule has 21 heavy (non-hydrogen) atoms. The van der Waals surface area contributed by atoms with E-state index >= 15 is 0 Å². The number of esters is 1. The molecule has 0 saturated heterocycles. The van der Waals surface area contributed by atoms with Crippen LogP contribution in [-0.4, -0.2) is 23.5 Å². The van der Waals surface area contributed by atoms with E-state index in [1.165, 1.54) is 30.4 Å². The van der Waals surface area contributed by atoms with E-state index in [1.807, 2.05) is 6.07 Å². The van der Waals surface area contributed by atoms with Gasteiger partial charge in [-0.3, -0.25) is 0 Å². The van der Waals surface area contributed by atoms with Crippen LogP contribution in [0.15, 0.2) is 53.3 Å². The molecule has 0 amide bonds. The number of nitrogens with zero attached hydrogens (tertiary/aromatic N) is 1. The van der Waals surface area contributed by atoms with Crippen LogP contribution in [0.25, 0.3) is 0 Å². The minimum absolute atomic E-state index is 0.153. The van der Waals surface area contributed by atoms with E-state index in [1.54, 1.807) is 0 Å². The molecular formula is C18H19NO2. The molecule has 4 rings (SSSR count). The second-order valence-corrected chi connectivity index (χ2v) is 6.03. The predicted octanol–water partition coefficient (Wildman–Crippen LogP) is 3.18. The molecule has 3 nitrogen and oxygen atoms in total. The van der Waals surface area contributed by atoms with Gasteiger partial charge in [-0.15, -0.1) is 0 Å². The maximum absolute atomic E-state index is 11.9. The molecule has 108 valence electrons. The normalized spacial score (nSPS) is 24.4. The highest BCUT2D eigenvalue weighted by molar-refractivity contribution is 5.95. The summed E-state index contributed by atoms with van der Waals surface area (Å²) in [5.41, 5.74) is 4.57. The van der Waals surface area contributed by atoms with Crippen molar-refractivity contribution in [1.82, 2.24) is 4.90 Å². The Kier molecular flexibility index (Phi) is 3.06. The van der Waals surface area contributed by atoms with Crippen molar-refractivity contribution in [2.45, 2.75) is 38.3 Å². The van der Waals surface area contributed by atoms with E-state index in [-0.39, 0.29) is 5.97 Å². The van der Waals surface area contributed by atoms with Gasteiger partial charge >= 0.3 is 5.97 Å². The van der Waals surface area contributed by atoms with Gasteiger partial charge in [-0.1, -0.05) is 36.8 Å². The van der Waals surface area contributed by atoms with Crippen LogP contribution in [-0.2, 0) is 16.1 Å². The summed E-state index contributed by atoms with van der Waals surface area (Å²) in [6.07, 6.45) is 6.91. The molecule has 0 spiro atoms. The van der Waals surface area contributed by atoms with Crippen LogP contribution in [0.5, 0.6) is 0 Å². The quantitative estimate of drug-likeness (QED) is 0.780. The van der Waals surface area contributed by atoms with Gasteiger partial charge in [-0.25, -0.2) is 4.79 Å². The standard InChI is InChI=1S/C18H19NO2/c20-18-15-10-14-8-4-5-9-16(14)19(17(15)12-21-18)11-13-6-2-1-3-7-13/h1-3,6-7,10,16H,4-5,8-9,11-12H2. The van der Waals surface area contributed by atoms with Crippen LogP contribution in [0, 0.1) is 0 Å². The molecule has 1 atom stereocenters. The minimum Gasteiger partial charge on any atom is -0.456 e. The van der Waals surface area contributed by atoms with E-state index < -0.39 is 0 Å². The first-order chi connectivity index (χ1) is 10.3. The number of carbonyl (C=O) groups is 1. The van der Waals surface area contributed by atoms with Crippen molar-refractivity contribution in [3.63, 3.8) is 0 Å². The largest absolute Gasteiger partial charge is 0.456 e. The number of cyclic esters (lactones) is 1. The zero-order valence-corrected chi connectivity index (χ0v) is 12.0. The number of hydrogen-bond donors (Lipinski definition) is 0. The second kappa shape index (κ2) is 5.06. The van der Waals surface area contributed by atoms with Crippen molar-refractivity contribution < 1.29 is 9.53 Å². The summed E-state index contributed by atoms with van der Waals surface area (Å²) in [5, 5.41) is 0. The zero-order valence-electron chi connectivity index (χ0n) is 12.0. The molecule has 0 bridgehead atoms. The number of benzene rings is 1. The monoisotopic (exact) mass is 281 g/mol. The molecule has 3 heteroatoms. The van der Waals surface area contributed by atoms with Crippen LogP contribution in [0.2, 0.25) is 0 Å². The molecule has 3 aliphatic rings. The first-order valence-electron chi connectivity index (χ1n) is 7.74. The van der Waals surface area contributed by atoms with Crippen molar-refractivity contribution >= 4 is 5.97 Å². The fourth-order valence-electron chi connectivity index (χ4n) is 3.69. The molecule has 1 saturated carbocycles. The number of hydrogen-bond acceptors (Lipinski definition) is 3. The van der Waals surface area contributed by atoms with Gasteiger partial charge in [0, 0.05) is 6.54 Å². The summed E-state index contributed by atoms with van der Waals surface area (Å²) in [7, 11) is 0. The molecule has 2 aliphatic heterocycles. The Morgan fingerprint density at radius 1 is 1.19 bits per heavy atom. The predicted molar refractivity (Wildman–Crippen MR) is 80.3 cm³/mol. The lowest BCUT2D eigenvalue weighted by atomic mass is 9.84. The first-order valence-corrected chi connectivity index (χ1v) is 7.74. The van der Waals surface area contributed by atoms with E-state index in [9.17, 15) is 4.79 Å². The number of fused-ring (bicyclic) bond motifs is 1. The molecule has 0 aromatic heterocycles. The summed E-state index contributed by atoms with van der Waals surface area (Å²) >= 11 is 0. The van der Waals surface area contributed by atoms with E-state index in [0.29, 0.717) is 12.6 Å². The SMILES string of the molecule is O=C1OCC2=C1C=C1CCCCC1N2Cc1ccccc1. The molecule has 1 unspecified atom stereocenters. The third kappa shape index (κ3) is 2.17. The topological polar surface area (TPSA) is 29.5 Å². The molecule has 1 fully saturated rings. The highest BCUT2D eigenvalue weighted by Crippen LogP contribution is 2.38. The molecule has 2 heterocycles. The molecule has 1 aromatic rings. The molecule has 0 radical (unpaired) electrons. The third-order valence-corrected chi connectivity index (χ3v) is 4.74. The van der Waals surface area contributed by atoms with Gasteiger partial charge in [0.1, 0.15) is 6.61 Å². The smallest absolute Gasteiger partial charge is 0.340 e. The minimum atomic E-state index is -0.153. The van der Waals surface area contributed by atoms with Gasteiger partial charge in [0.15, 0.2) is 0 Å². The van der Waals surface area contributed by atoms with Crippen molar-refractivity contribution in [1.29, 1.82) is 0 Å². The van der Waals surface area contributed by atoms with Crippen molar-refractivity contribution in [3.05, 3.63) is 58.8 Å². The molecule has 1 aliphatic carbocycles. The number of ether oxygens (including phenoxy) is 1. The fraction of sp³-hybridized carbons (Fsp3) is 0.389. The zero-order chi connectivity index (χ0) is 14.2. The summed E-state index contributed by atoms with van der Waals surface area (Å²) in [6, 6.07) is 10.9. The third-order valence-electron chi connectivity index (χ3n) is 4.74. The Hall–Kier alpha value is -2.03. The second-order valence-electron chi connectivity index (χ2n) is 6.03. The number of carbonyl (C=O) groups excluding carboxylic acids is 1. The van der Waals surface area contributed by atoms with Gasteiger partial charge in [-0.05, 0) is 36.5 Å². The lowest BCUT2D eigenvalue weighted by molar-refractivity contribution is -0.135. The lowest BCUT2D eigenvalue weighted by Gasteiger charge is -2.41. The summed E-state index contributed by atoms with van der Waals surface area (Å²) in [4.78, 5) is 14.3. The fourth-order valence-corrected chi connectivity index (χ4v) is 3.69. The van der Waals surface area contributed by atoms with Gasteiger partial charge < -0.3 is 9.64 Å². The van der Waals surface area contributed by atoms with Crippen LogP contribution in [0.3, 0.4) is 0 Å². The Bertz CT molecular complexity index is 630. The Labute approximate surface area is 124 Å². The van der Waals surface area contributed by atoms with Gasteiger partial charge in [0.2, 0.25) is 0 Å². The van der Waals surface area contributed by atoms with E-state index in [4.69, 9.17) is 4.74 Å². The maximum atomic E-state index is 11.9. The molecule has 0 N–H and O–H groups in total. The first kappa shape index (κ1) is 12.7. The van der Waals surface area contributed by atoms with Crippen molar-refractivity contribution in [3.8, 4) is 0 Å². The summed E-state index contributed by atoms with van der Waals surface area (Å²) in [5.74, 6) is -0.153. The van der Waals surface area contributed by atoms with Crippen LogP contribution in [0.4, 0.5) is 0 Å². The van der Waals surface area contributed by atoms with E-state index in [0.717, 1.165) is 24.2 Å². The maximum Gasteiger partial charge on any atom is 0.340 e. The van der Waals surface area contributed by atoms with Gasteiger partial charge in [0.25, 0.3) is 0 Å². The summed E-state index contributed by atoms with van der Waals surface area (Å²) in [6.45, 7) is 1.29. The Morgan fingerprint density at radius 3 is 2.90 bits per heavy atom.